The van der Waals surface area contributed by atoms with Crippen LogP contribution in [-0.2, 0) is 17.7 Å². The lowest BCUT2D eigenvalue weighted by Gasteiger charge is -2.30. The van der Waals surface area contributed by atoms with Crippen LogP contribution >= 0.6 is 0 Å². The summed E-state index contributed by atoms with van der Waals surface area (Å²) in [5.74, 6) is 0.724. The lowest BCUT2D eigenvalue weighted by Crippen LogP contribution is -2.37. The van der Waals surface area contributed by atoms with Crippen molar-refractivity contribution in [2.45, 2.75) is 39.2 Å². The summed E-state index contributed by atoms with van der Waals surface area (Å²) in [5.41, 5.74) is 0.961. The van der Waals surface area contributed by atoms with Gasteiger partial charge in [0.05, 0.1) is 6.61 Å². The molecule has 24 heavy (non-hydrogen) atoms. The molecule has 0 saturated heterocycles. The number of esters is 1. The van der Waals surface area contributed by atoms with Crippen LogP contribution in [-0.4, -0.2) is 22.1 Å². The van der Waals surface area contributed by atoms with Crippen LogP contribution < -0.4 is 5.56 Å². The monoisotopic (exact) mass is 326 g/mol. The summed E-state index contributed by atoms with van der Waals surface area (Å²) < 4.78 is 6.62. The Kier molecular flexibility index (Phi) is 4.79. The van der Waals surface area contributed by atoms with Gasteiger partial charge in [0.2, 0.25) is 0 Å². The molecule has 2 atom stereocenters. The predicted molar refractivity (Wildman–Crippen MR) is 91.1 cm³/mol. The lowest BCUT2D eigenvalue weighted by molar-refractivity contribution is 0.0522. The highest BCUT2D eigenvalue weighted by Gasteiger charge is 2.29. The first-order valence-electron chi connectivity index (χ1n) is 8.41. The minimum absolute atomic E-state index is 0.0214. The molecule has 0 spiro atoms. The number of nitrogens with zero attached hydrogens (tertiary/aromatic N) is 2. The van der Waals surface area contributed by atoms with Crippen molar-refractivity contribution < 1.29 is 9.53 Å². The summed E-state index contributed by atoms with van der Waals surface area (Å²) in [7, 11) is 0. The van der Waals surface area contributed by atoms with Crippen molar-refractivity contribution in [2.75, 3.05) is 6.61 Å². The van der Waals surface area contributed by atoms with Crippen molar-refractivity contribution in [3.05, 3.63) is 63.8 Å². The van der Waals surface area contributed by atoms with Gasteiger partial charge < -0.3 is 4.74 Å². The zero-order valence-electron chi connectivity index (χ0n) is 14.1. The summed E-state index contributed by atoms with van der Waals surface area (Å²) in [5, 5.41) is 0. The molecular weight excluding hydrogens is 304 g/mol. The van der Waals surface area contributed by atoms with E-state index in [4.69, 9.17) is 4.74 Å². The molecule has 2 unspecified atom stereocenters. The molecule has 126 valence electrons. The summed E-state index contributed by atoms with van der Waals surface area (Å²) in [6.07, 6.45) is 3.20. The van der Waals surface area contributed by atoms with Gasteiger partial charge in [0.15, 0.2) is 0 Å². The molecule has 1 aromatic heterocycles. The Bertz CT molecular complexity index is 783. The first-order chi connectivity index (χ1) is 11.6. The van der Waals surface area contributed by atoms with Crippen LogP contribution in [0, 0.1) is 5.92 Å². The van der Waals surface area contributed by atoms with E-state index in [0.717, 1.165) is 18.7 Å². The highest BCUT2D eigenvalue weighted by atomic mass is 16.5. The van der Waals surface area contributed by atoms with Crippen LogP contribution in [0.25, 0.3) is 0 Å². The molecule has 5 heteroatoms. The van der Waals surface area contributed by atoms with Crippen LogP contribution in [0.15, 0.2) is 41.3 Å². The van der Waals surface area contributed by atoms with Gasteiger partial charge in [-0.3, -0.25) is 9.36 Å². The van der Waals surface area contributed by atoms with E-state index in [1.54, 1.807) is 11.5 Å². The number of fused-ring (bicyclic) bond motifs is 1. The van der Waals surface area contributed by atoms with Gasteiger partial charge in [-0.2, -0.15) is 0 Å². The average Bonchev–Trinajstić information content (AvgIpc) is 2.57. The molecule has 5 nitrogen and oxygen atoms in total. The average molecular weight is 326 g/mol. The van der Waals surface area contributed by atoms with Gasteiger partial charge in [-0.15, -0.1) is 0 Å². The number of benzene rings is 1. The Morgan fingerprint density at radius 2 is 2.08 bits per heavy atom. The third kappa shape index (κ3) is 3.25. The number of rotatable bonds is 4. The highest BCUT2D eigenvalue weighted by Crippen LogP contribution is 2.31. The van der Waals surface area contributed by atoms with Crippen LogP contribution in [0.1, 0.15) is 47.9 Å². The van der Waals surface area contributed by atoms with Gasteiger partial charge in [0.1, 0.15) is 11.4 Å². The van der Waals surface area contributed by atoms with Gasteiger partial charge in [0.25, 0.3) is 5.56 Å². The second-order valence-electron chi connectivity index (χ2n) is 6.39. The maximum Gasteiger partial charge on any atom is 0.345 e. The highest BCUT2D eigenvalue weighted by molar-refractivity contribution is 5.88. The maximum absolute atomic E-state index is 12.7. The molecule has 0 amide bonds. The summed E-state index contributed by atoms with van der Waals surface area (Å²) in [6.45, 7) is 4.69. The molecule has 0 radical (unpaired) electrons. The number of ether oxygens (including phenoxy) is 1. The quantitative estimate of drug-likeness (QED) is 0.811. The number of carbonyl (C=O) groups excluding carboxylic acids is 1. The molecule has 0 fully saturated rings. The van der Waals surface area contributed by atoms with Gasteiger partial charge in [-0.25, -0.2) is 9.78 Å². The number of aromatic nitrogens is 2. The third-order valence-corrected chi connectivity index (χ3v) is 4.44. The Morgan fingerprint density at radius 1 is 1.33 bits per heavy atom. The molecule has 0 bridgehead atoms. The second-order valence-corrected chi connectivity index (χ2v) is 6.39. The van der Waals surface area contributed by atoms with Crippen LogP contribution in [0.5, 0.6) is 0 Å². The van der Waals surface area contributed by atoms with E-state index in [-0.39, 0.29) is 23.6 Å². The topological polar surface area (TPSA) is 61.2 Å². The van der Waals surface area contributed by atoms with E-state index in [0.29, 0.717) is 12.5 Å². The molecule has 0 saturated carbocycles. The second kappa shape index (κ2) is 6.99. The van der Waals surface area contributed by atoms with E-state index in [9.17, 15) is 9.59 Å². The summed E-state index contributed by atoms with van der Waals surface area (Å²) in [6, 6.07) is 10.2. The van der Waals surface area contributed by atoms with E-state index >= 15 is 0 Å². The van der Waals surface area contributed by atoms with Crippen LogP contribution in [0.2, 0.25) is 0 Å². The molecule has 1 aromatic carbocycles. The number of hydrogen-bond acceptors (Lipinski definition) is 4. The third-order valence-electron chi connectivity index (χ3n) is 4.44. The van der Waals surface area contributed by atoms with Crippen molar-refractivity contribution in [1.82, 2.24) is 9.55 Å². The Labute approximate surface area is 141 Å². The van der Waals surface area contributed by atoms with Gasteiger partial charge >= 0.3 is 5.97 Å². The first-order valence-corrected chi connectivity index (χ1v) is 8.41. The lowest BCUT2D eigenvalue weighted by atomic mass is 9.86. The summed E-state index contributed by atoms with van der Waals surface area (Å²) >= 11 is 0. The minimum atomic E-state index is -0.594. The van der Waals surface area contributed by atoms with E-state index in [1.165, 1.54) is 11.8 Å². The van der Waals surface area contributed by atoms with E-state index < -0.39 is 5.97 Å². The van der Waals surface area contributed by atoms with Crippen molar-refractivity contribution >= 4 is 5.97 Å². The first kappa shape index (κ1) is 16.4. The van der Waals surface area contributed by atoms with Crippen molar-refractivity contribution in [3.63, 3.8) is 0 Å². The molecule has 1 aliphatic heterocycles. The maximum atomic E-state index is 12.7. The molecular formula is C19H22N2O3. The molecule has 3 rings (SSSR count). The standard InChI is InChI=1S/C19H22N2O3/c1-3-24-19(23)16-11-20-17-15(10-14-7-5-4-6-8-14)9-13(2)12-21(17)18(16)22/h4-8,11,13,15H,3,9-10,12H2,1-2H3. The Morgan fingerprint density at radius 3 is 2.79 bits per heavy atom. The SMILES string of the molecule is CCOC(=O)c1cnc2n(c1=O)CC(C)CC2Cc1ccccc1. The molecule has 0 N–H and O–H groups in total. The normalized spacial score (nSPS) is 19.6. The Hall–Kier alpha value is -2.43. The molecule has 0 aliphatic carbocycles. The predicted octanol–water partition coefficient (Wildman–Crippen LogP) is 2.79. The summed E-state index contributed by atoms with van der Waals surface area (Å²) in [4.78, 5) is 29.1. The zero-order valence-corrected chi connectivity index (χ0v) is 14.1. The van der Waals surface area contributed by atoms with Crippen molar-refractivity contribution in [2.24, 2.45) is 5.92 Å². The van der Waals surface area contributed by atoms with Crippen LogP contribution in [0.3, 0.4) is 0 Å². The van der Waals surface area contributed by atoms with Gasteiger partial charge in [-0.1, -0.05) is 37.3 Å². The van der Waals surface area contributed by atoms with Crippen LogP contribution in [0.4, 0.5) is 0 Å². The molecule has 2 heterocycles. The minimum Gasteiger partial charge on any atom is -0.462 e. The smallest absolute Gasteiger partial charge is 0.345 e. The fourth-order valence-electron chi connectivity index (χ4n) is 3.41. The van der Waals surface area contributed by atoms with Gasteiger partial charge in [-0.05, 0) is 31.2 Å². The largest absolute Gasteiger partial charge is 0.462 e. The van der Waals surface area contributed by atoms with Gasteiger partial charge in [0, 0.05) is 18.7 Å². The fraction of sp³-hybridized carbons (Fsp3) is 0.421. The van der Waals surface area contributed by atoms with Crippen molar-refractivity contribution in [1.29, 1.82) is 0 Å². The number of carbonyl (C=O) groups is 1. The Balaban J connectivity index is 1.97. The number of hydrogen-bond donors (Lipinski definition) is 0. The molecule has 1 aliphatic rings. The fourth-order valence-corrected chi connectivity index (χ4v) is 3.41. The van der Waals surface area contributed by atoms with E-state index in [1.807, 2.05) is 18.2 Å². The zero-order chi connectivity index (χ0) is 17.1. The van der Waals surface area contributed by atoms with E-state index in [2.05, 4.69) is 24.0 Å². The molecule has 2 aromatic rings. The van der Waals surface area contributed by atoms with Crippen molar-refractivity contribution in [3.8, 4) is 0 Å².